The maximum absolute atomic E-state index is 13.1. The Morgan fingerprint density at radius 1 is 1.44 bits per heavy atom. The topological polar surface area (TPSA) is 102 Å². The molecule has 0 bridgehead atoms. The number of aromatic nitrogens is 3. The highest BCUT2D eigenvalue weighted by Crippen LogP contribution is 2.35. The highest BCUT2D eigenvalue weighted by Gasteiger charge is 2.43. The van der Waals surface area contributed by atoms with Crippen LogP contribution in [0, 0.1) is 5.41 Å². The number of benzene rings is 1. The Morgan fingerprint density at radius 2 is 2.24 bits per heavy atom. The summed E-state index contributed by atoms with van der Waals surface area (Å²) < 4.78 is 0. The molecule has 1 aliphatic heterocycles. The summed E-state index contributed by atoms with van der Waals surface area (Å²) in [5, 5.41) is 27.0. The number of hydrogen-bond acceptors (Lipinski definition) is 5. The zero-order chi connectivity index (χ0) is 17.9. The number of H-pyrrole nitrogens is 1. The van der Waals surface area contributed by atoms with Crippen LogP contribution in [0.3, 0.4) is 0 Å². The van der Waals surface area contributed by atoms with E-state index in [1.807, 2.05) is 25.1 Å². The highest BCUT2D eigenvalue weighted by molar-refractivity contribution is 6.00. The van der Waals surface area contributed by atoms with E-state index in [9.17, 15) is 15.0 Å². The maximum atomic E-state index is 13.1. The first kappa shape index (κ1) is 17.6. The van der Waals surface area contributed by atoms with Crippen LogP contribution in [-0.4, -0.2) is 62.0 Å². The fourth-order valence-corrected chi connectivity index (χ4v) is 3.68. The van der Waals surface area contributed by atoms with Gasteiger partial charge in [-0.05, 0) is 18.9 Å². The van der Waals surface area contributed by atoms with Crippen molar-refractivity contribution < 1.29 is 15.0 Å². The molecule has 2 atom stereocenters. The van der Waals surface area contributed by atoms with Crippen LogP contribution < -0.4 is 0 Å². The molecule has 7 heteroatoms. The van der Waals surface area contributed by atoms with E-state index in [4.69, 9.17) is 0 Å². The van der Waals surface area contributed by atoms with Gasteiger partial charge in [-0.1, -0.05) is 31.5 Å². The van der Waals surface area contributed by atoms with Crippen LogP contribution in [0.1, 0.15) is 36.5 Å². The van der Waals surface area contributed by atoms with Crippen molar-refractivity contribution >= 4 is 5.91 Å². The molecule has 1 aromatic heterocycles. The second-order valence-electron chi connectivity index (χ2n) is 6.68. The molecule has 1 aromatic carbocycles. The molecule has 25 heavy (non-hydrogen) atoms. The van der Waals surface area contributed by atoms with E-state index in [-0.39, 0.29) is 12.5 Å². The van der Waals surface area contributed by atoms with E-state index in [1.165, 1.54) is 6.33 Å². The van der Waals surface area contributed by atoms with E-state index in [2.05, 4.69) is 15.2 Å². The Morgan fingerprint density at radius 3 is 2.92 bits per heavy atom. The number of carbonyl (C=O) groups excluding carboxylic acids is 1. The van der Waals surface area contributed by atoms with Gasteiger partial charge in [0.05, 0.1) is 18.3 Å². The molecule has 0 radical (unpaired) electrons. The van der Waals surface area contributed by atoms with Crippen molar-refractivity contribution in [1.29, 1.82) is 0 Å². The van der Waals surface area contributed by atoms with Gasteiger partial charge in [-0.25, -0.2) is 4.98 Å². The Labute approximate surface area is 146 Å². The Balaban J connectivity index is 1.89. The molecular formula is C18H24N4O3. The predicted octanol–water partition coefficient (Wildman–Crippen LogP) is 1.46. The molecule has 2 heterocycles. The summed E-state index contributed by atoms with van der Waals surface area (Å²) in [4.78, 5) is 19.0. The van der Waals surface area contributed by atoms with Crippen molar-refractivity contribution in [2.24, 2.45) is 5.41 Å². The van der Waals surface area contributed by atoms with Gasteiger partial charge in [0.15, 0.2) is 5.82 Å². The number of nitrogens with one attached hydrogen (secondary N) is 1. The molecule has 1 aliphatic rings. The molecule has 1 saturated heterocycles. The highest BCUT2D eigenvalue weighted by atomic mass is 16.3. The van der Waals surface area contributed by atoms with Gasteiger partial charge >= 0.3 is 0 Å². The normalized spacial score (nSPS) is 23.6. The Hall–Kier alpha value is -2.25. The average molecular weight is 344 g/mol. The number of piperidine rings is 1. The summed E-state index contributed by atoms with van der Waals surface area (Å²) in [5.41, 5.74) is 0.587. The number of aliphatic hydroxyl groups is 2. The van der Waals surface area contributed by atoms with Gasteiger partial charge in [-0.3, -0.25) is 9.89 Å². The lowest BCUT2D eigenvalue weighted by atomic mass is 9.74. The van der Waals surface area contributed by atoms with Crippen molar-refractivity contribution in [2.45, 2.75) is 32.3 Å². The second kappa shape index (κ2) is 7.33. The summed E-state index contributed by atoms with van der Waals surface area (Å²) >= 11 is 0. The second-order valence-corrected chi connectivity index (χ2v) is 6.68. The quantitative estimate of drug-likeness (QED) is 0.762. The molecule has 1 fully saturated rings. The number of rotatable bonds is 5. The largest absolute Gasteiger partial charge is 0.396 e. The lowest BCUT2D eigenvalue weighted by Gasteiger charge is -2.45. The summed E-state index contributed by atoms with van der Waals surface area (Å²) in [5.74, 6) is 0.427. The molecule has 3 N–H and O–H groups in total. The third-order valence-corrected chi connectivity index (χ3v) is 5.06. The fourth-order valence-electron chi connectivity index (χ4n) is 3.68. The average Bonchev–Trinajstić information content (AvgIpc) is 3.18. The third-order valence-electron chi connectivity index (χ3n) is 5.06. The number of aliphatic hydroxyl groups excluding tert-OH is 2. The lowest BCUT2D eigenvalue weighted by Crippen LogP contribution is -2.55. The molecule has 0 saturated carbocycles. The molecule has 2 aromatic rings. The van der Waals surface area contributed by atoms with E-state index in [1.54, 1.807) is 11.0 Å². The van der Waals surface area contributed by atoms with Crippen LogP contribution in [0.25, 0.3) is 11.4 Å². The van der Waals surface area contributed by atoms with E-state index in [0.717, 1.165) is 6.42 Å². The van der Waals surface area contributed by atoms with Crippen molar-refractivity contribution in [3.05, 3.63) is 36.2 Å². The number of hydrogen-bond donors (Lipinski definition) is 3. The number of carbonyl (C=O) groups is 1. The van der Waals surface area contributed by atoms with Gasteiger partial charge in [0.2, 0.25) is 0 Å². The number of aromatic amines is 1. The Kier molecular flexibility index (Phi) is 5.15. The standard InChI is InChI=1S/C18H24N4O3/c1-2-8-18(11-23)10-22(9-7-15(18)24)17(25)14-6-4-3-5-13(14)16-19-12-20-21-16/h3-6,12,15,23-24H,2,7-11H2,1H3,(H,19,20,21)/t15-,18+/m1/s1. The fraction of sp³-hybridized carbons (Fsp3) is 0.500. The minimum absolute atomic E-state index is 0.118. The first-order valence-electron chi connectivity index (χ1n) is 8.64. The van der Waals surface area contributed by atoms with E-state index >= 15 is 0 Å². The number of nitrogens with zero attached hydrogens (tertiary/aromatic N) is 3. The third kappa shape index (κ3) is 3.29. The van der Waals surface area contributed by atoms with Gasteiger partial charge < -0.3 is 15.1 Å². The van der Waals surface area contributed by atoms with Gasteiger partial charge in [0.1, 0.15) is 6.33 Å². The maximum Gasteiger partial charge on any atom is 0.254 e. The summed E-state index contributed by atoms with van der Waals surface area (Å²) in [6.45, 7) is 2.71. The van der Waals surface area contributed by atoms with Crippen molar-refractivity contribution in [3.8, 4) is 11.4 Å². The molecule has 134 valence electrons. The van der Waals surface area contributed by atoms with Crippen LogP contribution >= 0.6 is 0 Å². The molecule has 0 spiro atoms. The molecule has 7 nitrogen and oxygen atoms in total. The van der Waals surface area contributed by atoms with Crippen molar-refractivity contribution in [2.75, 3.05) is 19.7 Å². The van der Waals surface area contributed by atoms with E-state index in [0.29, 0.717) is 42.9 Å². The van der Waals surface area contributed by atoms with Crippen molar-refractivity contribution in [1.82, 2.24) is 20.1 Å². The van der Waals surface area contributed by atoms with Crippen LogP contribution in [-0.2, 0) is 0 Å². The van der Waals surface area contributed by atoms with Crippen LogP contribution in [0.5, 0.6) is 0 Å². The van der Waals surface area contributed by atoms with Gasteiger partial charge in [-0.2, -0.15) is 5.10 Å². The predicted molar refractivity (Wildman–Crippen MR) is 92.8 cm³/mol. The zero-order valence-corrected chi connectivity index (χ0v) is 14.4. The zero-order valence-electron chi connectivity index (χ0n) is 14.4. The minimum atomic E-state index is -0.649. The smallest absolute Gasteiger partial charge is 0.254 e. The van der Waals surface area contributed by atoms with Crippen molar-refractivity contribution in [3.63, 3.8) is 0 Å². The lowest BCUT2D eigenvalue weighted by molar-refractivity contribution is -0.0720. The Bertz CT molecular complexity index is 719. The summed E-state index contributed by atoms with van der Waals surface area (Å²) in [7, 11) is 0. The first-order chi connectivity index (χ1) is 12.1. The molecule has 3 rings (SSSR count). The SMILES string of the molecule is CCC[C@@]1(CO)CN(C(=O)c2ccccc2-c2ncn[nH]2)CC[C@H]1O. The van der Waals surface area contributed by atoms with Gasteiger partial charge in [0, 0.05) is 24.1 Å². The first-order valence-corrected chi connectivity index (χ1v) is 8.64. The summed E-state index contributed by atoms with van der Waals surface area (Å²) in [6, 6.07) is 7.27. The number of amides is 1. The molecule has 0 aliphatic carbocycles. The number of likely N-dealkylation sites (tertiary alicyclic amines) is 1. The summed E-state index contributed by atoms with van der Waals surface area (Å²) in [6.07, 6.45) is 2.81. The van der Waals surface area contributed by atoms with Gasteiger partial charge in [-0.15, -0.1) is 0 Å². The van der Waals surface area contributed by atoms with Crippen LogP contribution in [0.2, 0.25) is 0 Å². The van der Waals surface area contributed by atoms with Gasteiger partial charge in [0.25, 0.3) is 5.91 Å². The van der Waals surface area contributed by atoms with Crippen LogP contribution in [0.4, 0.5) is 0 Å². The van der Waals surface area contributed by atoms with E-state index < -0.39 is 11.5 Å². The molecule has 0 unspecified atom stereocenters. The minimum Gasteiger partial charge on any atom is -0.396 e. The molecular weight excluding hydrogens is 320 g/mol. The monoisotopic (exact) mass is 344 g/mol. The molecule has 1 amide bonds. The van der Waals surface area contributed by atoms with Crippen LogP contribution in [0.15, 0.2) is 30.6 Å².